The first kappa shape index (κ1) is 14.5. The number of nitrogens with one attached hydrogen (secondary N) is 1. The predicted octanol–water partition coefficient (Wildman–Crippen LogP) is 1.40. The van der Waals surface area contributed by atoms with Gasteiger partial charge in [0.2, 0.25) is 0 Å². The topological polar surface area (TPSA) is 41.6 Å². The second-order valence-corrected chi connectivity index (χ2v) is 5.32. The molecule has 1 aliphatic heterocycles. The van der Waals surface area contributed by atoms with E-state index in [0.29, 0.717) is 6.04 Å². The van der Waals surface area contributed by atoms with Gasteiger partial charge in [0.25, 0.3) is 0 Å². The standard InChI is InChI=1S/C13H26N2O2/c1-5-15-9-6-7-11(8-10-15)14-13(2,3)12(16)17-4/h11,14H,5-10H2,1-4H3. The van der Waals surface area contributed by atoms with Crippen LogP contribution in [0.2, 0.25) is 0 Å². The van der Waals surface area contributed by atoms with E-state index in [4.69, 9.17) is 4.74 Å². The summed E-state index contributed by atoms with van der Waals surface area (Å²) in [5, 5.41) is 3.43. The molecule has 4 heteroatoms. The Morgan fingerprint density at radius 2 is 2.12 bits per heavy atom. The van der Waals surface area contributed by atoms with E-state index in [9.17, 15) is 4.79 Å². The Hall–Kier alpha value is -0.610. The first-order valence-electron chi connectivity index (χ1n) is 6.58. The van der Waals surface area contributed by atoms with E-state index in [1.54, 1.807) is 0 Å². The number of likely N-dealkylation sites (tertiary alicyclic amines) is 1. The van der Waals surface area contributed by atoms with Gasteiger partial charge in [-0.1, -0.05) is 6.92 Å². The Morgan fingerprint density at radius 3 is 2.71 bits per heavy atom. The Morgan fingerprint density at radius 1 is 1.41 bits per heavy atom. The minimum atomic E-state index is -0.583. The molecule has 17 heavy (non-hydrogen) atoms. The van der Waals surface area contributed by atoms with Gasteiger partial charge in [0.1, 0.15) is 5.54 Å². The minimum Gasteiger partial charge on any atom is -0.468 e. The summed E-state index contributed by atoms with van der Waals surface area (Å²) in [6.07, 6.45) is 3.44. The van der Waals surface area contributed by atoms with Gasteiger partial charge in [0, 0.05) is 6.04 Å². The zero-order chi connectivity index (χ0) is 12.9. The minimum absolute atomic E-state index is 0.186. The second kappa shape index (κ2) is 6.36. The summed E-state index contributed by atoms with van der Waals surface area (Å²) in [6.45, 7) is 9.39. The molecule has 1 N–H and O–H groups in total. The molecule has 0 saturated carbocycles. The number of carbonyl (C=O) groups is 1. The van der Waals surface area contributed by atoms with Gasteiger partial charge < -0.3 is 9.64 Å². The number of carbonyl (C=O) groups excluding carboxylic acids is 1. The summed E-state index contributed by atoms with van der Waals surface area (Å²) in [7, 11) is 1.44. The highest BCUT2D eigenvalue weighted by Gasteiger charge is 2.31. The van der Waals surface area contributed by atoms with Crippen LogP contribution in [0.5, 0.6) is 0 Å². The van der Waals surface area contributed by atoms with Gasteiger partial charge in [-0.15, -0.1) is 0 Å². The van der Waals surface area contributed by atoms with Crippen molar-refractivity contribution >= 4 is 5.97 Å². The van der Waals surface area contributed by atoms with Crippen LogP contribution in [0, 0.1) is 0 Å². The summed E-state index contributed by atoms with van der Waals surface area (Å²) in [6, 6.07) is 0.417. The highest BCUT2D eigenvalue weighted by molar-refractivity contribution is 5.79. The van der Waals surface area contributed by atoms with Crippen LogP contribution in [0.15, 0.2) is 0 Å². The van der Waals surface area contributed by atoms with Crippen LogP contribution in [0.25, 0.3) is 0 Å². The highest BCUT2D eigenvalue weighted by Crippen LogP contribution is 2.15. The molecule has 1 unspecified atom stereocenters. The van der Waals surface area contributed by atoms with Crippen LogP contribution in [-0.4, -0.2) is 49.2 Å². The monoisotopic (exact) mass is 242 g/mol. The van der Waals surface area contributed by atoms with Gasteiger partial charge in [-0.25, -0.2) is 0 Å². The second-order valence-electron chi connectivity index (χ2n) is 5.32. The Kier molecular flexibility index (Phi) is 5.40. The molecule has 0 aliphatic carbocycles. The van der Waals surface area contributed by atoms with Crippen molar-refractivity contribution in [2.24, 2.45) is 0 Å². The van der Waals surface area contributed by atoms with Crippen LogP contribution in [0.1, 0.15) is 40.0 Å². The summed E-state index contributed by atoms with van der Waals surface area (Å²) >= 11 is 0. The molecule has 1 aliphatic rings. The molecule has 4 nitrogen and oxygen atoms in total. The Balaban J connectivity index is 2.48. The fourth-order valence-electron chi connectivity index (χ4n) is 2.44. The Bertz CT molecular complexity index is 254. The van der Waals surface area contributed by atoms with E-state index in [-0.39, 0.29) is 5.97 Å². The summed E-state index contributed by atoms with van der Waals surface area (Å²) in [5.41, 5.74) is -0.583. The predicted molar refractivity (Wildman–Crippen MR) is 69.0 cm³/mol. The van der Waals surface area contributed by atoms with Crippen LogP contribution in [-0.2, 0) is 9.53 Å². The first-order valence-corrected chi connectivity index (χ1v) is 6.58. The van der Waals surface area contributed by atoms with Gasteiger partial charge in [-0.05, 0) is 52.7 Å². The third kappa shape index (κ3) is 4.28. The van der Waals surface area contributed by atoms with Crippen LogP contribution < -0.4 is 5.32 Å². The van der Waals surface area contributed by atoms with E-state index in [1.165, 1.54) is 20.1 Å². The lowest BCUT2D eigenvalue weighted by molar-refractivity contribution is -0.147. The van der Waals surface area contributed by atoms with Gasteiger partial charge >= 0.3 is 5.97 Å². The fraction of sp³-hybridized carbons (Fsp3) is 0.923. The molecule has 1 rings (SSSR count). The third-order valence-electron chi connectivity index (χ3n) is 3.53. The molecule has 0 aromatic rings. The molecule has 1 atom stereocenters. The van der Waals surface area contributed by atoms with Gasteiger partial charge in [-0.3, -0.25) is 10.1 Å². The summed E-state index contributed by atoms with van der Waals surface area (Å²) < 4.78 is 4.82. The molecule has 1 fully saturated rings. The maximum absolute atomic E-state index is 11.6. The lowest BCUT2D eigenvalue weighted by Crippen LogP contribution is -2.52. The van der Waals surface area contributed by atoms with Gasteiger partial charge in [0.15, 0.2) is 0 Å². The normalized spacial score (nSPS) is 23.2. The first-order chi connectivity index (χ1) is 7.99. The van der Waals surface area contributed by atoms with Crippen molar-refractivity contribution in [3.8, 4) is 0 Å². The van der Waals surface area contributed by atoms with Crippen LogP contribution >= 0.6 is 0 Å². The quantitative estimate of drug-likeness (QED) is 0.757. The SMILES string of the molecule is CCN1CCCC(NC(C)(C)C(=O)OC)CC1. The van der Waals surface area contributed by atoms with Gasteiger partial charge in [-0.2, -0.15) is 0 Å². The number of esters is 1. The van der Waals surface area contributed by atoms with Crippen molar-refractivity contribution in [1.82, 2.24) is 10.2 Å². The maximum atomic E-state index is 11.6. The number of hydrogen-bond acceptors (Lipinski definition) is 4. The number of methoxy groups -OCH3 is 1. The summed E-state index contributed by atoms with van der Waals surface area (Å²) in [4.78, 5) is 14.1. The Labute approximate surface area is 105 Å². The molecule has 0 aromatic heterocycles. The molecule has 0 radical (unpaired) electrons. The maximum Gasteiger partial charge on any atom is 0.325 e. The number of nitrogens with zero attached hydrogens (tertiary/aromatic N) is 1. The van der Waals surface area contributed by atoms with Crippen LogP contribution in [0.3, 0.4) is 0 Å². The number of hydrogen-bond donors (Lipinski definition) is 1. The zero-order valence-electron chi connectivity index (χ0n) is 11.6. The number of ether oxygens (including phenoxy) is 1. The molecule has 0 amide bonds. The highest BCUT2D eigenvalue weighted by atomic mass is 16.5. The van der Waals surface area contributed by atoms with Crippen molar-refractivity contribution in [1.29, 1.82) is 0 Å². The molecular weight excluding hydrogens is 216 g/mol. The largest absolute Gasteiger partial charge is 0.468 e. The van der Waals surface area contributed by atoms with E-state index in [0.717, 1.165) is 25.9 Å². The van der Waals surface area contributed by atoms with Gasteiger partial charge in [0.05, 0.1) is 7.11 Å². The smallest absolute Gasteiger partial charge is 0.325 e. The lowest BCUT2D eigenvalue weighted by atomic mass is 10.0. The van der Waals surface area contributed by atoms with E-state index in [1.807, 2.05) is 13.8 Å². The van der Waals surface area contributed by atoms with Crippen molar-refractivity contribution in [3.05, 3.63) is 0 Å². The van der Waals surface area contributed by atoms with E-state index < -0.39 is 5.54 Å². The fourth-order valence-corrected chi connectivity index (χ4v) is 2.44. The van der Waals surface area contributed by atoms with Crippen molar-refractivity contribution in [2.75, 3.05) is 26.7 Å². The molecular formula is C13H26N2O2. The van der Waals surface area contributed by atoms with Crippen molar-refractivity contribution in [2.45, 2.75) is 51.6 Å². The van der Waals surface area contributed by atoms with E-state index in [2.05, 4.69) is 17.1 Å². The average molecular weight is 242 g/mol. The molecule has 0 aromatic carbocycles. The molecule has 0 spiro atoms. The lowest BCUT2D eigenvalue weighted by Gasteiger charge is -2.29. The molecule has 1 heterocycles. The van der Waals surface area contributed by atoms with Crippen molar-refractivity contribution in [3.63, 3.8) is 0 Å². The molecule has 0 bridgehead atoms. The van der Waals surface area contributed by atoms with E-state index >= 15 is 0 Å². The van der Waals surface area contributed by atoms with Crippen LogP contribution in [0.4, 0.5) is 0 Å². The molecule has 1 saturated heterocycles. The van der Waals surface area contributed by atoms with Crippen molar-refractivity contribution < 1.29 is 9.53 Å². The number of rotatable bonds is 4. The zero-order valence-corrected chi connectivity index (χ0v) is 11.6. The molecule has 100 valence electrons. The summed E-state index contributed by atoms with van der Waals surface area (Å²) in [5.74, 6) is -0.186. The average Bonchev–Trinajstić information content (AvgIpc) is 2.52. The third-order valence-corrected chi connectivity index (χ3v) is 3.53.